The molecule has 0 aliphatic heterocycles. The third-order valence-electron chi connectivity index (χ3n) is 2.70. The second-order valence-electron chi connectivity index (χ2n) is 4.58. The summed E-state index contributed by atoms with van der Waals surface area (Å²) in [5.74, 6) is -0.699. The van der Waals surface area contributed by atoms with Gasteiger partial charge in [-0.25, -0.2) is 0 Å². The minimum atomic E-state index is -0.671. The van der Waals surface area contributed by atoms with E-state index >= 15 is 0 Å². The van der Waals surface area contributed by atoms with Gasteiger partial charge < -0.3 is 20.3 Å². The van der Waals surface area contributed by atoms with Gasteiger partial charge in [0.25, 0.3) is 0 Å². The molecule has 13 heteroatoms. The van der Waals surface area contributed by atoms with Gasteiger partial charge in [0, 0.05) is 0 Å². The molecule has 2 rings (SSSR count). The van der Waals surface area contributed by atoms with Crippen LogP contribution in [0.2, 0.25) is 0 Å². The molecule has 2 aromatic rings. The van der Waals surface area contributed by atoms with Crippen LogP contribution in [0.1, 0.15) is 11.5 Å². The first-order valence-corrected chi connectivity index (χ1v) is 6.86. The van der Waals surface area contributed by atoms with Crippen molar-refractivity contribution >= 4 is 48.0 Å². The van der Waals surface area contributed by atoms with E-state index in [0.717, 1.165) is 0 Å². The summed E-state index contributed by atoms with van der Waals surface area (Å²) in [5, 5.41) is 28.4. The Bertz CT molecular complexity index is 873. The molecule has 2 aromatic heterocycles. The second-order valence-corrected chi connectivity index (χ2v) is 4.58. The summed E-state index contributed by atoms with van der Waals surface area (Å²) in [6.45, 7) is 0. The first kappa shape index (κ1) is 21.1. The number of nitro groups is 2. The summed E-state index contributed by atoms with van der Waals surface area (Å²) >= 11 is 0. The summed E-state index contributed by atoms with van der Waals surface area (Å²) < 4.78 is 9.94. The van der Waals surface area contributed by atoms with Crippen LogP contribution in [-0.4, -0.2) is 21.5 Å². The van der Waals surface area contributed by atoms with Gasteiger partial charge in [-0.05, 0) is 36.4 Å². The number of halogens is 1. The van der Waals surface area contributed by atoms with E-state index in [0.29, 0.717) is 0 Å². The van der Waals surface area contributed by atoms with Crippen molar-refractivity contribution in [3.8, 4) is 0 Å². The van der Waals surface area contributed by atoms with E-state index < -0.39 is 21.6 Å². The molecule has 0 bridgehead atoms. The molecule has 0 radical (unpaired) electrons. The molecule has 0 saturated carbocycles. The van der Waals surface area contributed by atoms with Crippen LogP contribution in [-0.2, 0) is 0 Å². The maximum Gasteiger partial charge on any atom is 0.433 e. The minimum Gasteiger partial charge on any atom is -0.401 e. The number of guanidine groups is 1. The minimum absolute atomic E-state index is 0. The molecule has 0 aliphatic rings. The molecule has 142 valence electrons. The van der Waals surface area contributed by atoms with E-state index in [2.05, 4.69) is 10.2 Å². The van der Waals surface area contributed by atoms with Gasteiger partial charge in [-0.1, -0.05) is 0 Å². The van der Waals surface area contributed by atoms with Crippen LogP contribution in [0.15, 0.2) is 55.5 Å². The van der Waals surface area contributed by atoms with E-state index in [1.807, 2.05) is 0 Å². The number of furan rings is 2. The van der Waals surface area contributed by atoms with E-state index in [4.69, 9.17) is 20.3 Å². The average molecular weight is 397 g/mol. The second kappa shape index (κ2) is 9.53. The van der Waals surface area contributed by atoms with Gasteiger partial charge in [-0.3, -0.25) is 20.2 Å². The van der Waals surface area contributed by atoms with Crippen LogP contribution in [0.5, 0.6) is 0 Å². The van der Waals surface area contributed by atoms with Crippen molar-refractivity contribution in [3.63, 3.8) is 0 Å². The van der Waals surface area contributed by atoms with Crippen LogP contribution >= 0.6 is 12.4 Å². The third kappa shape index (κ3) is 6.47. The van der Waals surface area contributed by atoms with E-state index in [-0.39, 0.29) is 35.6 Å². The molecule has 0 atom stereocenters. The first-order valence-electron chi connectivity index (χ1n) is 6.86. The third-order valence-corrected chi connectivity index (χ3v) is 2.70. The van der Waals surface area contributed by atoms with E-state index in [1.54, 1.807) is 0 Å². The topological polar surface area (TPSA) is 189 Å². The van der Waals surface area contributed by atoms with Gasteiger partial charge in [0.1, 0.15) is 21.4 Å². The molecule has 0 saturated heterocycles. The predicted octanol–water partition coefficient (Wildman–Crippen LogP) is 2.47. The van der Waals surface area contributed by atoms with Crippen molar-refractivity contribution < 1.29 is 18.7 Å². The normalized spacial score (nSPS) is 10.5. The molecule has 12 nitrogen and oxygen atoms in total. The predicted molar refractivity (Wildman–Crippen MR) is 99.3 cm³/mol. The molecule has 27 heavy (non-hydrogen) atoms. The van der Waals surface area contributed by atoms with Crippen molar-refractivity contribution in [1.82, 2.24) is 0 Å². The summed E-state index contributed by atoms with van der Waals surface area (Å²) in [4.78, 5) is 19.8. The Labute approximate surface area is 157 Å². The number of hydrogen-bond acceptors (Lipinski definition) is 8. The highest BCUT2D eigenvalue weighted by Crippen LogP contribution is 2.18. The maximum absolute atomic E-state index is 10.6. The standard InChI is InChI=1S/C14H12N6O6.ClH/c15-14(16)18-17-9(1-3-10-5-7-12(25-10)19(21)22)2-4-11-6-8-13(26-11)20(23)24;/h1-8H,(H4,15,16,18);1H. The van der Waals surface area contributed by atoms with Gasteiger partial charge in [0.05, 0.1) is 17.8 Å². The Hall–Kier alpha value is -3.93. The molecular formula is C14H13ClN6O6. The zero-order chi connectivity index (χ0) is 19.1. The lowest BCUT2D eigenvalue weighted by atomic mass is 10.2. The lowest BCUT2D eigenvalue weighted by Crippen LogP contribution is -2.22. The fourth-order valence-corrected chi connectivity index (χ4v) is 1.63. The summed E-state index contributed by atoms with van der Waals surface area (Å²) in [7, 11) is 0. The Morgan fingerprint density at radius 2 is 1.33 bits per heavy atom. The Morgan fingerprint density at radius 3 is 1.67 bits per heavy atom. The molecule has 0 aliphatic carbocycles. The fraction of sp³-hybridized carbons (Fsp3) is 0. The van der Waals surface area contributed by atoms with Crippen LogP contribution in [0.25, 0.3) is 12.2 Å². The molecule has 0 unspecified atom stereocenters. The number of nitrogens with zero attached hydrogens (tertiary/aromatic N) is 4. The van der Waals surface area contributed by atoms with Gasteiger partial charge >= 0.3 is 11.8 Å². The first-order chi connectivity index (χ1) is 12.3. The zero-order valence-electron chi connectivity index (χ0n) is 13.4. The fourth-order valence-electron chi connectivity index (χ4n) is 1.63. The van der Waals surface area contributed by atoms with Crippen LogP contribution < -0.4 is 11.5 Å². The highest BCUT2D eigenvalue weighted by molar-refractivity contribution is 6.08. The summed E-state index contributed by atoms with van der Waals surface area (Å²) in [6, 6.07) is 5.19. The highest BCUT2D eigenvalue weighted by Gasteiger charge is 2.11. The lowest BCUT2D eigenvalue weighted by molar-refractivity contribution is -0.402. The van der Waals surface area contributed by atoms with Crippen LogP contribution in [0.4, 0.5) is 11.8 Å². The van der Waals surface area contributed by atoms with E-state index in [1.165, 1.54) is 48.6 Å². The monoisotopic (exact) mass is 396 g/mol. The number of rotatable bonds is 7. The number of nitrogens with two attached hydrogens (primary N) is 2. The average Bonchev–Trinajstić information content (AvgIpc) is 3.23. The Balaban J connectivity index is 0.00000364. The largest absolute Gasteiger partial charge is 0.433 e. The van der Waals surface area contributed by atoms with Crippen molar-refractivity contribution in [2.75, 3.05) is 0 Å². The Morgan fingerprint density at radius 1 is 0.889 bits per heavy atom. The van der Waals surface area contributed by atoms with E-state index in [9.17, 15) is 20.2 Å². The van der Waals surface area contributed by atoms with Gasteiger partial charge in [-0.15, -0.1) is 22.6 Å². The Kier molecular flexibility index (Phi) is 7.45. The van der Waals surface area contributed by atoms with Gasteiger partial charge in [0.15, 0.2) is 0 Å². The number of hydrogen-bond donors (Lipinski definition) is 2. The molecular weight excluding hydrogens is 384 g/mol. The molecule has 4 N–H and O–H groups in total. The lowest BCUT2D eigenvalue weighted by Gasteiger charge is -1.91. The smallest absolute Gasteiger partial charge is 0.401 e. The summed E-state index contributed by atoms with van der Waals surface area (Å²) in [6.07, 6.45) is 5.65. The van der Waals surface area contributed by atoms with Crippen LogP contribution in [0, 0.1) is 20.2 Å². The molecule has 0 aromatic carbocycles. The maximum atomic E-state index is 10.6. The molecule has 2 heterocycles. The molecule has 0 amide bonds. The van der Waals surface area contributed by atoms with Crippen molar-refractivity contribution in [2.24, 2.45) is 21.7 Å². The summed E-state index contributed by atoms with van der Waals surface area (Å²) in [5.41, 5.74) is 10.6. The zero-order valence-corrected chi connectivity index (χ0v) is 14.2. The quantitative estimate of drug-likeness (QED) is 0.308. The molecule has 0 fully saturated rings. The van der Waals surface area contributed by atoms with Gasteiger partial charge in [0.2, 0.25) is 5.96 Å². The van der Waals surface area contributed by atoms with Crippen LogP contribution in [0.3, 0.4) is 0 Å². The number of allylic oxidation sites excluding steroid dienone is 2. The van der Waals surface area contributed by atoms with Crippen molar-refractivity contribution in [1.29, 1.82) is 0 Å². The van der Waals surface area contributed by atoms with Crippen molar-refractivity contribution in [2.45, 2.75) is 0 Å². The van der Waals surface area contributed by atoms with Crippen molar-refractivity contribution in [3.05, 3.63) is 68.2 Å². The highest BCUT2D eigenvalue weighted by atomic mass is 35.5. The SMILES string of the molecule is Cl.NC(N)=NN=C(C=Cc1ccc([N+](=O)[O-])o1)C=Cc1ccc([N+](=O)[O-])o1. The molecule has 0 spiro atoms. The van der Waals surface area contributed by atoms with Gasteiger partial charge in [-0.2, -0.15) is 0 Å².